The number of aromatic nitrogens is 1. The number of rotatable bonds is 7. The van der Waals surface area contributed by atoms with E-state index in [-0.39, 0.29) is 21.6 Å². The van der Waals surface area contributed by atoms with E-state index in [1.807, 2.05) is 0 Å². The van der Waals surface area contributed by atoms with Gasteiger partial charge in [0.1, 0.15) is 15.9 Å². The van der Waals surface area contributed by atoms with Crippen LogP contribution >= 0.6 is 11.5 Å². The Morgan fingerprint density at radius 3 is 2.75 bits per heavy atom. The minimum Gasteiger partial charge on any atom is -0.383 e. The van der Waals surface area contributed by atoms with E-state index in [0.717, 1.165) is 17.8 Å². The molecule has 0 saturated heterocycles. The predicted octanol–water partition coefficient (Wildman–Crippen LogP) is -0.308. The molecule has 114 valence electrons. The van der Waals surface area contributed by atoms with Crippen LogP contribution in [-0.2, 0) is 19.4 Å². The van der Waals surface area contributed by atoms with Crippen LogP contribution in [0.2, 0.25) is 0 Å². The monoisotopic (exact) mass is 322 g/mol. The maximum atomic E-state index is 11.8. The highest BCUT2D eigenvalue weighted by atomic mass is 32.2. The molecule has 0 aliphatic heterocycles. The van der Waals surface area contributed by atoms with Gasteiger partial charge in [-0.1, -0.05) is 0 Å². The van der Waals surface area contributed by atoms with Gasteiger partial charge >= 0.3 is 0 Å². The van der Waals surface area contributed by atoms with Crippen LogP contribution in [0, 0.1) is 0 Å². The Morgan fingerprint density at radius 1 is 1.55 bits per heavy atom. The number of hydrogen-bond donors (Lipinski definition) is 3. The molecule has 0 aliphatic rings. The molecule has 10 heteroatoms. The van der Waals surface area contributed by atoms with Gasteiger partial charge in [0.25, 0.3) is 0 Å². The number of nitrogens with zero attached hydrogens (tertiary/aromatic N) is 1. The maximum absolute atomic E-state index is 11.8. The summed E-state index contributed by atoms with van der Waals surface area (Å²) in [5, 5.41) is 5.72. The van der Waals surface area contributed by atoms with Crippen molar-refractivity contribution >= 4 is 38.1 Å². The Bertz CT molecular complexity index is 570. The molecule has 0 radical (unpaired) electrons. The van der Waals surface area contributed by atoms with Crippen molar-refractivity contribution in [3.63, 3.8) is 0 Å². The van der Waals surface area contributed by atoms with Gasteiger partial charge in [-0.15, -0.1) is 0 Å². The highest BCUT2D eigenvalue weighted by Crippen LogP contribution is 2.31. The summed E-state index contributed by atoms with van der Waals surface area (Å²) in [6, 6.07) is -0.618. The topological polar surface area (TPSA) is 123 Å². The maximum Gasteiger partial charge on any atom is 0.242 e. The second kappa shape index (κ2) is 6.86. The van der Waals surface area contributed by atoms with Crippen LogP contribution in [0.15, 0.2) is 4.90 Å². The molecule has 1 amide bonds. The Kier molecular flexibility index (Phi) is 5.72. The molecule has 8 nitrogen and oxygen atoms in total. The third-order valence-corrected chi connectivity index (χ3v) is 4.47. The SMILES string of the molecule is COCCNC(=O)C(C)Nc1snc(N)c1S(C)(=O)=O. The summed E-state index contributed by atoms with van der Waals surface area (Å²) in [5.41, 5.74) is 5.54. The smallest absolute Gasteiger partial charge is 0.242 e. The Hall–Kier alpha value is -1.39. The molecule has 0 spiro atoms. The molecule has 0 aromatic carbocycles. The molecule has 1 unspecified atom stereocenters. The normalized spacial score (nSPS) is 12.9. The summed E-state index contributed by atoms with van der Waals surface area (Å²) < 4.78 is 31.9. The lowest BCUT2D eigenvalue weighted by Crippen LogP contribution is -2.39. The van der Waals surface area contributed by atoms with E-state index in [2.05, 4.69) is 15.0 Å². The number of methoxy groups -OCH3 is 1. The fourth-order valence-electron chi connectivity index (χ4n) is 1.44. The first-order valence-corrected chi connectivity index (χ1v) is 8.42. The minimum absolute atomic E-state index is 0.0630. The summed E-state index contributed by atoms with van der Waals surface area (Å²) in [5.74, 6) is -0.333. The molecule has 0 fully saturated rings. The number of sulfone groups is 1. The van der Waals surface area contributed by atoms with Crippen molar-refractivity contribution in [2.75, 3.05) is 37.6 Å². The minimum atomic E-state index is -3.50. The summed E-state index contributed by atoms with van der Waals surface area (Å²) >= 11 is 0.907. The van der Waals surface area contributed by atoms with Crippen LogP contribution in [0.5, 0.6) is 0 Å². The van der Waals surface area contributed by atoms with E-state index in [1.165, 1.54) is 7.11 Å². The van der Waals surface area contributed by atoms with E-state index in [0.29, 0.717) is 13.2 Å². The fourth-order valence-corrected chi connectivity index (χ4v) is 3.58. The lowest BCUT2D eigenvalue weighted by molar-refractivity contribution is -0.121. The molecule has 4 N–H and O–H groups in total. The largest absolute Gasteiger partial charge is 0.383 e. The molecule has 20 heavy (non-hydrogen) atoms. The highest BCUT2D eigenvalue weighted by Gasteiger charge is 2.23. The predicted molar refractivity (Wildman–Crippen MR) is 77.6 cm³/mol. The van der Waals surface area contributed by atoms with Gasteiger partial charge in [-0.25, -0.2) is 8.42 Å². The number of nitrogen functional groups attached to an aromatic ring is 1. The number of hydrogen-bond acceptors (Lipinski definition) is 8. The Morgan fingerprint density at radius 2 is 2.20 bits per heavy atom. The van der Waals surface area contributed by atoms with Crippen molar-refractivity contribution in [1.29, 1.82) is 0 Å². The molecule has 1 aromatic rings. The Balaban J connectivity index is 2.77. The van der Waals surface area contributed by atoms with E-state index in [1.54, 1.807) is 6.92 Å². The van der Waals surface area contributed by atoms with E-state index < -0.39 is 15.9 Å². The second-order valence-electron chi connectivity index (χ2n) is 4.15. The lowest BCUT2D eigenvalue weighted by Gasteiger charge is -2.14. The molecule has 0 aliphatic carbocycles. The van der Waals surface area contributed by atoms with Crippen LogP contribution < -0.4 is 16.4 Å². The van der Waals surface area contributed by atoms with Crippen LogP contribution in [0.4, 0.5) is 10.8 Å². The number of carbonyl (C=O) groups is 1. The zero-order valence-electron chi connectivity index (χ0n) is 11.5. The summed E-state index contributed by atoms with van der Waals surface area (Å²) in [7, 11) is -1.97. The van der Waals surface area contributed by atoms with Crippen molar-refractivity contribution < 1.29 is 17.9 Å². The summed E-state index contributed by atoms with van der Waals surface area (Å²) in [6.07, 6.45) is 1.04. The first-order chi connectivity index (χ1) is 9.27. The van der Waals surface area contributed by atoms with Crippen LogP contribution in [0.3, 0.4) is 0 Å². The van der Waals surface area contributed by atoms with Crippen molar-refractivity contribution in [2.24, 2.45) is 0 Å². The number of carbonyl (C=O) groups excluding carboxylic acids is 1. The molecule has 1 heterocycles. The van der Waals surface area contributed by atoms with E-state index in [9.17, 15) is 13.2 Å². The van der Waals surface area contributed by atoms with Gasteiger partial charge < -0.3 is 21.1 Å². The summed E-state index contributed by atoms with van der Waals surface area (Å²) in [6.45, 7) is 2.40. The van der Waals surface area contributed by atoms with Gasteiger partial charge in [-0.2, -0.15) is 4.37 Å². The average molecular weight is 322 g/mol. The molecule has 1 rings (SSSR count). The zero-order chi connectivity index (χ0) is 15.3. The quantitative estimate of drug-likeness (QED) is 0.588. The summed E-state index contributed by atoms with van der Waals surface area (Å²) in [4.78, 5) is 11.7. The molecule has 0 saturated carbocycles. The third-order valence-electron chi connectivity index (χ3n) is 2.39. The number of amides is 1. The van der Waals surface area contributed by atoms with Crippen molar-refractivity contribution in [3.05, 3.63) is 0 Å². The van der Waals surface area contributed by atoms with Crippen molar-refractivity contribution in [2.45, 2.75) is 17.9 Å². The molecular formula is C10H18N4O4S2. The van der Waals surface area contributed by atoms with Gasteiger partial charge in [0.2, 0.25) is 5.91 Å². The van der Waals surface area contributed by atoms with Crippen molar-refractivity contribution in [1.82, 2.24) is 9.69 Å². The van der Waals surface area contributed by atoms with Crippen LogP contribution in [0.25, 0.3) is 0 Å². The molecule has 0 bridgehead atoms. The lowest BCUT2D eigenvalue weighted by atomic mass is 10.3. The zero-order valence-corrected chi connectivity index (χ0v) is 13.1. The van der Waals surface area contributed by atoms with Gasteiger partial charge in [-0.3, -0.25) is 4.79 Å². The average Bonchev–Trinajstić information content (AvgIpc) is 2.70. The van der Waals surface area contributed by atoms with E-state index >= 15 is 0 Å². The Labute approximate surface area is 121 Å². The number of ether oxygens (including phenoxy) is 1. The fraction of sp³-hybridized carbons (Fsp3) is 0.600. The third kappa shape index (κ3) is 4.32. The van der Waals surface area contributed by atoms with E-state index in [4.69, 9.17) is 10.5 Å². The van der Waals surface area contributed by atoms with Crippen LogP contribution in [-0.4, -0.2) is 51.3 Å². The number of nitrogens with two attached hydrogens (primary N) is 1. The first-order valence-electron chi connectivity index (χ1n) is 5.75. The number of anilines is 2. The first kappa shape index (κ1) is 16.7. The van der Waals surface area contributed by atoms with Gasteiger partial charge in [-0.05, 0) is 18.5 Å². The molecular weight excluding hydrogens is 304 g/mol. The van der Waals surface area contributed by atoms with Gasteiger partial charge in [0.05, 0.1) is 6.61 Å². The number of nitrogens with one attached hydrogen (secondary N) is 2. The highest BCUT2D eigenvalue weighted by molar-refractivity contribution is 7.91. The van der Waals surface area contributed by atoms with Crippen LogP contribution in [0.1, 0.15) is 6.92 Å². The van der Waals surface area contributed by atoms with Gasteiger partial charge in [0, 0.05) is 19.9 Å². The van der Waals surface area contributed by atoms with Gasteiger partial charge in [0.15, 0.2) is 15.7 Å². The van der Waals surface area contributed by atoms with Crippen molar-refractivity contribution in [3.8, 4) is 0 Å². The molecule has 1 atom stereocenters. The molecule has 1 aromatic heterocycles. The second-order valence-corrected chi connectivity index (χ2v) is 6.87. The standard InChI is InChI=1S/C10H18N4O4S2/c1-6(9(15)12-4-5-18-2)13-10-7(20(3,16)17)8(11)14-19-10/h6,13H,4-5H2,1-3H3,(H2,11,14)(H,12,15).